The van der Waals surface area contributed by atoms with Gasteiger partial charge in [-0.2, -0.15) is 5.10 Å². The molecule has 1 unspecified atom stereocenters. The number of ether oxygens (including phenoxy) is 2. The largest absolute Gasteiger partial charge is 0.383 e. The number of nitrogens with one attached hydrogen (secondary N) is 1. The van der Waals surface area contributed by atoms with E-state index in [0.717, 1.165) is 0 Å². The fourth-order valence-electron chi connectivity index (χ4n) is 2.80. The lowest BCUT2D eigenvalue weighted by atomic mass is 10.2. The monoisotopic (exact) mass is 367 g/mol. The van der Waals surface area contributed by atoms with E-state index in [9.17, 15) is 9.59 Å². The van der Waals surface area contributed by atoms with Gasteiger partial charge in [-0.3, -0.25) is 19.3 Å². The molecule has 0 bridgehead atoms. The van der Waals surface area contributed by atoms with Crippen molar-refractivity contribution in [2.45, 2.75) is 17.6 Å². The predicted octanol–water partition coefficient (Wildman–Crippen LogP) is 0.278. The highest BCUT2D eigenvalue weighted by atomic mass is 32.2. The summed E-state index contributed by atoms with van der Waals surface area (Å²) in [5.41, 5.74) is 0.328. The van der Waals surface area contributed by atoms with Gasteiger partial charge in [-0.15, -0.1) is 0 Å². The smallest absolute Gasteiger partial charge is 0.265 e. The summed E-state index contributed by atoms with van der Waals surface area (Å²) in [6, 6.07) is -0.209. The van der Waals surface area contributed by atoms with Crippen molar-refractivity contribution in [2.24, 2.45) is 0 Å². The van der Waals surface area contributed by atoms with Gasteiger partial charge in [0.05, 0.1) is 25.5 Å². The van der Waals surface area contributed by atoms with Crippen molar-refractivity contribution in [1.82, 2.24) is 24.6 Å². The van der Waals surface area contributed by atoms with Gasteiger partial charge < -0.3 is 14.4 Å². The number of carbonyl (C=O) groups excluding carboxylic acids is 1. The van der Waals surface area contributed by atoms with Gasteiger partial charge in [0.2, 0.25) is 5.91 Å². The zero-order valence-electron chi connectivity index (χ0n) is 14.2. The third kappa shape index (κ3) is 3.70. The maximum absolute atomic E-state index is 12.7. The van der Waals surface area contributed by atoms with E-state index in [1.807, 2.05) is 0 Å². The Morgan fingerprint density at radius 2 is 2.12 bits per heavy atom. The number of aromatic amines is 1. The lowest BCUT2D eigenvalue weighted by molar-refractivity contribution is -0.133. The van der Waals surface area contributed by atoms with Gasteiger partial charge in [-0.05, 0) is 0 Å². The van der Waals surface area contributed by atoms with Crippen molar-refractivity contribution in [3.63, 3.8) is 0 Å². The van der Waals surface area contributed by atoms with E-state index < -0.39 is 0 Å². The first kappa shape index (κ1) is 17.9. The van der Waals surface area contributed by atoms with E-state index in [-0.39, 0.29) is 23.9 Å². The minimum absolute atomic E-state index is 0.0215. The van der Waals surface area contributed by atoms with Crippen molar-refractivity contribution in [3.8, 4) is 0 Å². The number of fused-ring (bicyclic) bond motifs is 2. The average Bonchev–Trinajstić information content (AvgIpc) is 3.23. The number of hydrogen-bond acceptors (Lipinski definition) is 7. The van der Waals surface area contributed by atoms with E-state index in [4.69, 9.17) is 9.47 Å². The van der Waals surface area contributed by atoms with Crippen LogP contribution < -0.4 is 5.56 Å². The van der Waals surface area contributed by atoms with Crippen LogP contribution in [0.3, 0.4) is 0 Å². The van der Waals surface area contributed by atoms with Crippen LogP contribution in [0.4, 0.5) is 0 Å². The van der Waals surface area contributed by atoms with Crippen LogP contribution in [0.15, 0.2) is 16.1 Å². The summed E-state index contributed by atoms with van der Waals surface area (Å²) in [7, 11) is 3.20. The summed E-state index contributed by atoms with van der Waals surface area (Å²) in [6.45, 7) is 1.92. The van der Waals surface area contributed by atoms with E-state index in [0.29, 0.717) is 48.2 Å². The van der Waals surface area contributed by atoms with Crippen LogP contribution in [0.5, 0.6) is 0 Å². The van der Waals surface area contributed by atoms with Gasteiger partial charge in [-0.25, -0.2) is 4.98 Å². The lowest BCUT2D eigenvalue weighted by Gasteiger charge is -2.24. The van der Waals surface area contributed by atoms with Gasteiger partial charge in [0.15, 0.2) is 10.8 Å². The molecule has 0 fully saturated rings. The topological polar surface area (TPSA) is 102 Å². The highest BCUT2D eigenvalue weighted by molar-refractivity contribution is 7.99. The Morgan fingerprint density at radius 3 is 2.80 bits per heavy atom. The van der Waals surface area contributed by atoms with Crippen molar-refractivity contribution < 1.29 is 14.3 Å². The Bertz CT molecular complexity index is 797. The van der Waals surface area contributed by atoms with E-state index in [1.165, 1.54) is 18.0 Å². The summed E-state index contributed by atoms with van der Waals surface area (Å²) in [5, 5.41) is 7.66. The molecule has 25 heavy (non-hydrogen) atoms. The summed E-state index contributed by atoms with van der Waals surface area (Å²) < 4.78 is 11.8. The van der Waals surface area contributed by atoms with E-state index in [1.54, 1.807) is 23.7 Å². The fourth-order valence-corrected chi connectivity index (χ4v) is 3.94. The quantitative estimate of drug-likeness (QED) is 0.669. The predicted molar refractivity (Wildman–Crippen MR) is 92.9 cm³/mol. The maximum atomic E-state index is 12.7. The molecular formula is C15H21N5O4S. The van der Waals surface area contributed by atoms with Crippen LogP contribution >= 0.6 is 11.8 Å². The molecule has 136 valence electrons. The second-order valence-electron chi connectivity index (χ2n) is 5.74. The van der Waals surface area contributed by atoms with Crippen LogP contribution in [0.1, 0.15) is 12.5 Å². The van der Waals surface area contributed by atoms with Gasteiger partial charge in [-0.1, -0.05) is 11.8 Å². The van der Waals surface area contributed by atoms with Gasteiger partial charge >= 0.3 is 0 Å². The Morgan fingerprint density at radius 1 is 1.40 bits per heavy atom. The number of aromatic nitrogens is 4. The number of nitrogens with zero attached hydrogens (tertiary/aromatic N) is 4. The van der Waals surface area contributed by atoms with Gasteiger partial charge in [0, 0.05) is 39.5 Å². The van der Waals surface area contributed by atoms with Crippen molar-refractivity contribution >= 4 is 28.7 Å². The number of carbonyl (C=O) groups is 1. The zero-order chi connectivity index (χ0) is 17.8. The highest BCUT2D eigenvalue weighted by Gasteiger charge is 2.30. The third-order valence-electron chi connectivity index (χ3n) is 4.15. The Labute approximate surface area is 148 Å². The Kier molecular flexibility index (Phi) is 5.71. The van der Waals surface area contributed by atoms with Crippen LogP contribution in [-0.2, 0) is 14.3 Å². The molecule has 10 heteroatoms. The van der Waals surface area contributed by atoms with E-state index in [2.05, 4.69) is 15.2 Å². The van der Waals surface area contributed by atoms with Crippen LogP contribution in [0, 0.1) is 0 Å². The maximum Gasteiger partial charge on any atom is 0.265 e. The molecule has 2 aromatic heterocycles. The number of H-pyrrole nitrogens is 1. The summed E-state index contributed by atoms with van der Waals surface area (Å²) in [6.07, 6.45) is 1.72. The number of amides is 1. The SMILES string of the molecule is COCCN(CCOC)C(=O)CC1CSc2nc3[nH]ncc3c(=O)n21. The minimum atomic E-state index is -0.209. The molecule has 2 aromatic rings. The molecule has 0 saturated carbocycles. The molecule has 9 nitrogen and oxygen atoms in total. The Balaban J connectivity index is 1.78. The molecule has 0 spiro atoms. The van der Waals surface area contributed by atoms with Crippen LogP contribution in [-0.4, -0.2) is 76.8 Å². The van der Waals surface area contributed by atoms with Crippen molar-refractivity contribution in [2.75, 3.05) is 46.3 Å². The van der Waals surface area contributed by atoms with Crippen molar-refractivity contribution in [3.05, 3.63) is 16.6 Å². The van der Waals surface area contributed by atoms with Gasteiger partial charge in [0.25, 0.3) is 5.56 Å². The first-order chi connectivity index (χ1) is 12.2. The number of rotatable bonds is 8. The van der Waals surface area contributed by atoms with Gasteiger partial charge in [0.1, 0.15) is 5.39 Å². The van der Waals surface area contributed by atoms with Crippen LogP contribution in [0.2, 0.25) is 0 Å². The minimum Gasteiger partial charge on any atom is -0.383 e. The standard InChI is InChI=1S/C15H21N5O4S/c1-23-5-3-19(4-6-24-2)12(21)7-10-9-25-15-17-13-11(8-16-18-13)14(22)20(10)15/h8,10H,3-7,9H2,1-2H3,(H,16,18). The zero-order valence-corrected chi connectivity index (χ0v) is 15.0. The van der Waals surface area contributed by atoms with Crippen molar-refractivity contribution in [1.29, 1.82) is 0 Å². The molecule has 1 amide bonds. The van der Waals surface area contributed by atoms with E-state index >= 15 is 0 Å². The third-order valence-corrected chi connectivity index (χ3v) is 5.24. The molecule has 1 N–H and O–H groups in total. The molecule has 0 aliphatic carbocycles. The fraction of sp³-hybridized carbons (Fsp3) is 0.600. The molecule has 3 rings (SSSR count). The summed E-state index contributed by atoms with van der Waals surface area (Å²) in [4.78, 5) is 31.5. The molecule has 0 aromatic carbocycles. The highest BCUT2D eigenvalue weighted by Crippen LogP contribution is 2.33. The summed E-state index contributed by atoms with van der Waals surface area (Å²) >= 11 is 1.48. The normalized spacial score (nSPS) is 16.3. The lowest BCUT2D eigenvalue weighted by Crippen LogP contribution is -2.38. The number of hydrogen-bond donors (Lipinski definition) is 1. The molecule has 1 aliphatic rings. The summed E-state index contributed by atoms with van der Waals surface area (Å²) in [5.74, 6) is 0.628. The second-order valence-corrected chi connectivity index (χ2v) is 6.72. The first-order valence-corrected chi connectivity index (χ1v) is 8.98. The number of thioether (sulfide) groups is 1. The molecule has 0 saturated heterocycles. The molecule has 3 heterocycles. The Hall–Kier alpha value is -1.91. The number of methoxy groups -OCH3 is 2. The second kappa shape index (κ2) is 7.98. The molecular weight excluding hydrogens is 346 g/mol. The molecule has 0 radical (unpaired) electrons. The first-order valence-electron chi connectivity index (χ1n) is 7.99. The molecule has 1 atom stereocenters. The van der Waals surface area contributed by atoms with Crippen LogP contribution in [0.25, 0.3) is 11.0 Å². The molecule has 1 aliphatic heterocycles. The average molecular weight is 367 g/mol.